The molecule has 0 fully saturated rings. The zero-order valence-corrected chi connectivity index (χ0v) is 21.3. The molecule has 0 aromatic carbocycles. The van der Waals surface area contributed by atoms with Crippen LogP contribution in [0.15, 0.2) is 23.3 Å². The number of carboxylic acid groups (broad SMARTS) is 1. The summed E-state index contributed by atoms with van der Waals surface area (Å²) in [6.45, 7) is 15.6. The zero-order valence-electron chi connectivity index (χ0n) is 21.3. The Kier molecular flexibility index (Phi) is 14.6. The Morgan fingerprint density at radius 1 is 0.875 bits per heavy atom. The first-order valence-corrected chi connectivity index (χ1v) is 11.8. The lowest BCUT2D eigenvalue weighted by molar-refractivity contribution is -0.168. The van der Waals surface area contributed by atoms with Gasteiger partial charge in [0.2, 0.25) is 6.79 Å². The summed E-state index contributed by atoms with van der Waals surface area (Å²) in [5.41, 5.74) is 1.02. The summed E-state index contributed by atoms with van der Waals surface area (Å²) in [5, 5.41) is 9.56. The van der Waals surface area contributed by atoms with Crippen molar-refractivity contribution >= 4 is 17.9 Å². The highest BCUT2D eigenvalue weighted by molar-refractivity contribution is 5.88. The molecule has 6 heteroatoms. The van der Waals surface area contributed by atoms with E-state index < -0.39 is 30.6 Å². The fraction of sp³-hybridized carbons (Fsp3) is 0.731. The summed E-state index contributed by atoms with van der Waals surface area (Å²) < 4.78 is 9.44. The highest BCUT2D eigenvalue weighted by Gasteiger charge is 2.20. The van der Waals surface area contributed by atoms with Crippen LogP contribution in [0.5, 0.6) is 0 Å². The van der Waals surface area contributed by atoms with E-state index in [1.807, 2.05) is 6.92 Å². The van der Waals surface area contributed by atoms with Gasteiger partial charge in [-0.3, -0.25) is 9.59 Å². The number of esters is 2. The molecule has 32 heavy (non-hydrogen) atoms. The van der Waals surface area contributed by atoms with E-state index in [0.29, 0.717) is 17.8 Å². The minimum atomic E-state index is -1.06. The van der Waals surface area contributed by atoms with E-state index >= 15 is 0 Å². The minimum absolute atomic E-state index is 0.0390. The molecule has 0 spiro atoms. The smallest absolute Gasteiger partial charge is 0.331 e. The predicted octanol–water partition coefficient (Wildman–Crippen LogP) is 6.16. The third kappa shape index (κ3) is 14.0. The molecule has 0 aliphatic heterocycles. The minimum Gasteiger partial charge on any atom is -0.478 e. The Balaban J connectivity index is 4.88. The molecule has 0 saturated heterocycles. The largest absolute Gasteiger partial charge is 0.478 e. The van der Waals surface area contributed by atoms with Crippen molar-refractivity contribution in [3.8, 4) is 0 Å². The summed E-state index contributed by atoms with van der Waals surface area (Å²) >= 11 is 0. The maximum atomic E-state index is 12.0. The van der Waals surface area contributed by atoms with Gasteiger partial charge in [0.1, 0.15) is 0 Å². The molecule has 184 valence electrons. The van der Waals surface area contributed by atoms with Crippen molar-refractivity contribution in [1.82, 2.24) is 0 Å². The Morgan fingerprint density at radius 3 is 1.97 bits per heavy atom. The molecule has 6 nitrogen and oxygen atoms in total. The summed E-state index contributed by atoms with van der Waals surface area (Å²) in [5.74, 6) is -0.473. The first-order chi connectivity index (χ1) is 14.8. The van der Waals surface area contributed by atoms with Gasteiger partial charge < -0.3 is 14.6 Å². The molecule has 0 saturated carbocycles. The van der Waals surface area contributed by atoms with Crippen molar-refractivity contribution in [3.05, 3.63) is 23.3 Å². The third-order valence-corrected chi connectivity index (χ3v) is 5.70. The lowest BCUT2D eigenvalue weighted by atomic mass is 9.84. The maximum absolute atomic E-state index is 12.0. The normalized spacial score (nSPS) is 17.1. The summed E-state index contributed by atoms with van der Waals surface area (Å²) in [6, 6.07) is 0. The van der Waals surface area contributed by atoms with Gasteiger partial charge in [-0.2, -0.15) is 0 Å². The number of aliphatic carboxylic acids is 1. The average Bonchev–Trinajstić information content (AvgIpc) is 2.65. The van der Waals surface area contributed by atoms with E-state index in [1.165, 1.54) is 26.2 Å². The molecule has 0 radical (unpaired) electrons. The van der Waals surface area contributed by atoms with Gasteiger partial charge in [0.15, 0.2) is 0 Å². The van der Waals surface area contributed by atoms with E-state index in [9.17, 15) is 19.5 Å². The van der Waals surface area contributed by atoms with Gasteiger partial charge in [-0.25, -0.2) is 4.79 Å². The highest BCUT2D eigenvalue weighted by atomic mass is 16.7. The monoisotopic (exact) mass is 452 g/mol. The molecule has 0 aromatic heterocycles. The van der Waals surface area contributed by atoms with Gasteiger partial charge in [-0.1, -0.05) is 59.6 Å². The highest BCUT2D eigenvalue weighted by Crippen LogP contribution is 2.26. The van der Waals surface area contributed by atoms with Crippen LogP contribution in [0, 0.1) is 29.6 Å². The Hall–Kier alpha value is -2.11. The van der Waals surface area contributed by atoms with Crippen LogP contribution < -0.4 is 0 Å². The van der Waals surface area contributed by atoms with Gasteiger partial charge in [0.05, 0.1) is 5.92 Å². The Labute approximate surface area is 194 Å². The average molecular weight is 453 g/mol. The van der Waals surface area contributed by atoms with Crippen LogP contribution in [0.4, 0.5) is 0 Å². The quantitative estimate of drug-likeness (QED) is 0.138. The molecule has 0 aliphatic rings. The molecule has 0 heterocycles. The number of ether oxygens (including phenoxy) is 2. The second-order valence-electron chi connectivity index (χ2n) is 9.62. The predicted molar refractivity (Wildman–Crippen MR) is 127 cm³/mol. The number of hydrogen-bond acceptors (Lipinski definition) is 5. The standard InChI is InChI=1S/C26H44O6/c1-9-17(2)10-18(3)11-19(4)12-20(5)13-21(6)14-24(25(28)29)15-22(7)26(30)32-16-31-23(8)27/h13-14,17-20,22H,9-12,15-16H2,1-8H3,(H,28,29)/b21-13+,24-14-. The Bertz CT molecular complexity index is 663. The second-order valence-corrected chi connectivity index (χ2v) is 9.62. The third-order valence-electron chi connectivity index (χ3n) is 5.70. The summed E-state index contributed by atoms with van der Waals surface area (Å²) in [6.07, 6.45) is 8.50. The fourth-order valence-electron chi connectivity index (χ4n) is 4.14. The number of allylic oxidation sites excluding steroid dienone is 3. The first kappa shape index (κ1) is 29.9. The van der Waals surface area contributed by atoms with E-state index in [-0.39, 0.29) is 12.0 Å². The van der Waals surface area contributed by atoms with Gasteiger partial charge in [-0.15, -0.1) is 0 Å². The van der Waals surface area contributed by atoms with Gasteiger partial charge in [0.25, 0.3) is 0 Å². The molecule has 0 amide bonds. The van der Waals surface area contributed by atoms with Crippen LogP contribution in [0.1, 0.15) is 87.5 Å². The van der Waals surface area contributed by atoms with Crippen molar-refractivity contribution in [2.45, 2.75) is 87.5 Å². The first-order valence-electron chi connectivity index (χ1n) is 11.8. The van der Waals surface area contributed by atoms with Crippen LogP contribution in [0.3, 0.4) is 0 Å². The zero-order chi connectivity index (χ0) is 24.8. The van der Waals surface area contributed by atoms with E-state index in [4.69, 9.17) is 4.74 Å². The molecule has 0 bridgehead atoms. The number of carboxylic acids is 1. The molecule has 0 rings (SSSR count). The molecule has 0 aromatic rings. The SMILES string of the molecule is CCC(C)CC(C)CC(C)CC(C)/C=C(C)/C=C(/CC(C)C(=O)OCOC(C)=O)C(=O)O. The summed E-state index contributed by atoms with van der Waals surface area (Å²) in [7, 11) is 0. The molecule has 5 unspecified atom stereocenters. The number of rotatable bonds is 15. The van der Waals surface area contributed by atoms with E-state index in [2.05, 4.69) is 45.4 Å². The molecule has 0 aliphatic carbocycles. The van der Waals surface area contributed by atoms with Gasteiger partial charge in [0, 0.05) is 12.5 Å². The van der Waals surface area contributed by atoms with Crippen LogP contribution >= 0.6 is 0 Å². The van der Waals surface area contributed by atoms with E-state index in [1.54, 1.807) is 13.0 Å². The van der Waals surface area contributed by atoms with Crippen LogP contribution in [-0.4, -0.2) is 29.8 Å². The Morgan fingerprint density at radius 2 is 1.44 bits per heavy atom. The van der Waals surface area contributed by atoms with Crippen molar-refractivity contribution in [2.75, 3.05) is 6.79 Å². The van der Waals surface area contributed by atoms with Gasteiger partial charge >= 0.3 is 17.9 Å². The van der Waals surface area contributed by atoms with Crippen molar-refractivity contribution in [1.29, 1.82) is 0 Å². The summed E-state index contributed by atoms with van der Waals surface area (Å²) in [4.78, 5) is 34.4. The van der Waals surface area contributed by atoms with E-state index in [0.717, 1.165) is 17.9 Å². The topological polar surface area (TPSA) is 89.9 Å². The second kappa shape index (κ2) is 15.7. The number of hydrogen-bond donors (Lipinski definition) is 1. The van der Waals surface area contributed by atoms with Crippen LogP contribution in [-0.2, 0) is 23.9 Å². The fourth-order valence-corrected chi connectivity index (χ4v) is 4.14. The number of carbonyl (C=O) groups is 3. The van der Waals surface area contributed by atoms with Crippen LogP contribution in [0.25, 0.3) is 0 Å². The lowest BCUT2D eigenvalue weighted by Gasteiger charge is -2.21. The van der Waals surface area contributed by atoms with Crippen molar-refractivity contribution in [3.63, 3.8) is 0 Å². The van der Waals surface area contributed by atoms with Crippen molar-refractivity contribution < 1.29 is 29.0 Å². The molecular weight excluding hydrogens is 408 g/mol. The maximum Gasteiger partial charge on any atom is 0.331 e. The van der Waals surface area contributed by atoms with Crippen molar-refractivity contribution in [2.24, 2.45) is 29.6 Å². The van der Waals surface area contributed by atoms with Gasteiger partial charge in [-0.05, 0) is 62.4 Å². The number of carbonyl (C=O) groups excluding carboxylic acids is 2. The lowest BCUT2D eigenvalue weighted by Crippen LogP contribution is -2.19. The molecule has 5 atom stereocenters. The van der Waals surface area contributed by atoms with Crippen LogP contribution in [0.2, 0.25) is 0 Å². The molecular formula is C26H44O6. The molecule has 1 N–H and O–H groups in total.